The first-order valence-electron chi connectivity index (χ1n) is 14.0. The molecule has 8 heteroatoms. The highest BCUT2D eigenvalue weighted by molar-refractivity contribution is 7.99. The van der Waals surface area contributed by atoms with Crippen molar-refractivity contribution in [2.45, 2.75) is 43.4 Å². The number of carbonyl (C=O) groups excluding carboxylic acids is 1. The van der Waals surface area contributed by atoms with Gasteiger partial charge in [0.05, 0.1) is 11.3 Å². The van der Waals surface area contributed by atoms with Crippen LogP contribution in [-0.2, 0) is 17.8 Å². The number of rotatable bonds is 6. The van der Waals surface area contributed by atoms with E-state index in [2.05, 4.69) is 93.1 Å². The second-order valence-electron chi connectivity index (χ2n) is 11.0. The van der Waals surface area contributed by atoms with Gasteiger partial charge in [-0.05, 0) is 56.6 Å². The van der Waals surface area contributed by atoms with Crippen molar-refractivity contribution in [3.8, 4) is 0 Å². The monoisotopic (exact) mass is 548 g/mol. The van der Waals surface area contributed by atoms with Crippen molar-refractivity contribution in [3.63, 3.8) is 0 Å². The van der Waals surface area contributed by atoms with E-state index in [9.17, 15) is 4.79 Å². The molecule has 0 saturated carbocycles. The Kier molecular flexibility index (Phi) is 6.52. The number of anilines is 1. The second kappa shape index (κ2) is 10.3. The van der Waals surface area contributed by atoms with E-state index in [-0.39, 0.29) is 17.7 Å². The highest BCUT2D eigenvalue weighted by atomic mass is 32.2. The number of aromatic nitrogens is 4. The maximum Gasteiger partial charge on any atom is 0.237 e. The Balaban J connectivity index is 1.16. The Labute approximate surface area is 238 Å². The summed E-state index contributed by atoms with van der Waals surface area (Å²) in [4.78, 5) is 23.1. The third-order valence-electron chi connectivity index (χ3n) is 8.37. The maximum atomic E-state index is 13.7. The van der Waals surface area contributed by atoms with E-state index in [4.69, 9.17) is 4.98 Å². The van der Waals surface area contributed by atoms with Crippen molar-refractivity contribution in [2.24, 2.45) is 0 Å². The predicted molar refractivity (Wildman–Crippen MR) is 161 cm³/mol. The number of benzene rings is 3. The van der Waals surface area contributed by atoms with Crippen molar-refractivity contribution in [2.75, 3.05) is 30.8 Å². The largest absolute Gasteiger partial charge is 0.323 e. The van der Waals surface area contributed by atoms with Crippen molar-refractivity contribution in [1.29, 1.82) is 0 Å². The average Bonchev–Trinajstić information content (AvgIpc) is 3.47. The molecule has 0 bridgehead atoms. The van der Waals surface area contributed by atoms with Gasteiger partial charge in [-0.15, -0.1) is 10.2 Å². The summed E-state index contributed by atoms with van der Waals surface area (Å²) in [5, 5.41) is 10.6. The van der Waals surface area contributed by atoms with E-state index < -0.39 is 0 Å². The molecular formula is C32H32N6OS. The fraction of sp³-hybridized carbons (Fsp3) is 0.312. The van der Waals surface area contributed by atoms with Gasteiger partial charge in [0, 0.05) is 36.1 Å². The van der Waals surface area contributed by atoms with Gasteiger partial charge in [0.25, 0.3) is 0 Å². The van der Waals surface area contributed by atoms with Crippen LogP contribution in [0, 0.1) is 6.92 Å². The molecular weight excluding hydrogens is 516 g/mol. The molecule has 2 aliphatic heterocycles. The highest BCUT2D eigenvalue weighted by Crippen LogP contribution is 2.45. The molecule has 3 aromatic carbocycles. The van der Waals surface area contributed by atoms with Crippen LogP contribution in [0.5, 0.6) is 0 Å². The zero-order chi connectivity index (χ0) is 27.2. The molecule has 202 valence electrons. The number of likely N-dealkylation sites (N-methyl/N-ethyl adjacent to an activating group) is 1. The Morgan fingerprint density at radius 2 is 1.85 bits per heavy atom. The lowest BCUT2D eigenvalue weighted by molar-refractivity contribution is -0.116. The fourth-order valence-electron chi connectivity index (χ4n) is 6.46. The van der Waals surface area contributed by atoms with E-state index in [1.807, 2.05) is 18.2 Å². The van der Waals surface area contributed by atoms with E-state index in [1.165, 1.54) is 28.5 Å². The van der Waals surface area contributed by atoms with Crippen LogP contribution < -0.4 is 4.90 Å². The molecule has 40 heavy (non-hydrogen) atoms. The highest BCUT2D eigenvalue weighted by Gasteiger charge is 2.43. The van der Waals surface area contributed by atoms with E-state index in [0.717, 1.165) is 60.2 Å². The lowest BCUT2D eigenvalue weighted by Crippen LogP contribution is -2.47. The number of para-hydroxylation sites is 1. The summed E-state index contributed by atoms with van der Waals surface area (Å²) in [5.41, 5.74) is 7.62. The van der Waals surface area contributed by atoms with Crippen LogP contribution in [0.15, 0.2) is 78.0 Å². The number of fused-ring (bicyclic) bond motifs is 6. The van der Waals surface area contributed by atoms with E-state index in [0.29, 0.717) is 11.1 Å². The lowest BCUT2D eigenvalue weighted by Gasteiger charge is -2.36. The molecule has 5 aromatic rings. The van der Waals surface area contributed by atoms with Gasteiger partial charge in [-0.3, -0.25) is 4.79 Å². The van der Waals surface area contributed by atoms with Crippen LogP contribution in [0.1, 0.15) is 29.0 Å². The molecule has 0 radical (unpaired) electrons. The third-order valence-corrected chi connectivity index (χ3v) is 9.19. The summed E-state index contributed by atoms with van der Waals surface area (Å²) < 4.78 is 2.24. The van der Waals surface area contributed by atoms with E-state index in [1.54, 1.807) is 0 Å². The van der Waals surface area contributed by atoms with Gasteiger partial charge < -0.3 is 14.4 Å². The van der Waals surface area contributed by atoms with Crippen LogP contribution in [-0.4, -0.2) is 62.5 Å². The van der Waals surface area contributed by atoms with Gasteiger partial charge in [0.1, 0.15) is 5.52 Å². The quantitative estimate of drug-likeness (QED) is 0.263. The average molecular weight is 549 g/mol. The van der Waals surface area contributed by atoms with Gasteiger partial charge in [0.15, 0.2) is 5.65 Å². The third kappa shape index (κ3) is 4.45. The Morgan fingerprint density at radius 1 is 1.02 bits per heavy atom. The molecule has 1 amide bonds. The summed E-state index contributed by atoms with van der Waals surface area (Å²) in [6, 6.07) is 25.5. The molecule has 7 rings (SSSR count). The van der Waals surface area contributed by atoms with Gasteiger partial charge in [-0.2, -0.15) is 0 Å². The maximum absolute atomic E-state index is 13.7. The molecule has 1 saturated heterocycles. The second-order valence-corrected chi connectivity index (χ2v) is 12.0. The number of hydrogen-bond donors (Lipinski definition) is 0. The van der Waals surface area contributed by atoms with Crippen molar-refractivity contribution in [3.05, 3.63) is 89.5 Å². The summed E-state index contributed by atoms with van der Waals surface area (Å²) in [6.45, 7) is 4.90. The smallest absolute Gasteiger partial charge is 0.237 e. The molecule has 2 aromatic heterocycles. The van der Waals surface area contributed by atoms with Crippen LogP contribution in [0.25, 0.3) is 22.1 Å². The van der Waals surface area contributed by atoms with Crippen LogP contribution >= 0.6 is 11.8 Å². The minimum absolute atomic E-state index is 0.112. The van der Waals surface area contributed by atoms with Gasteiger partial charge in [-0.1, -0.05) is 78.0 Å². The Bertz CT molecular complexity index is 1720. The molecule has 0 N–H and O–H groups in total. The van der Waals surface area contributed by atoms with Gasteiger partial charge >= 0.3 is 0 Å². The number of carbonyl (C=O) groups is 1. The van der Waals surface area contributed by atoms with Crippen molar-refractivity contribution < 1.29 is 4.79 Å². The fourth-order valence-corrected chi connectivity index (χ4v) is 7.10. The first kappa shape index (κ1) is 25.2. The molecule has 1 fully saturated rings. The normalized spacial score (nSPS) is 18.8. The SMILES string of the molecule is Cc1ccc2c(c1)C1CN(C)CCC1N2C(=O)CSc1nnc2c3ccccc3n(CCc3ccccc3)c2n1. The predicted octanol–water partition coefficient (Wildman–Crippen LogP) is 5.46. The summed E-state index contributed by atoms with van der Waals surface area (Å²) in [6.07, 6.45) is 1.88. The number of hydrogen-bond acceptors (Lipinski definition) is 6. The number of thioether (sulfide) groups is 1. The summed E-state index contributed by atoms with van der Waals surface area (Å²) >= 11 is 1.38. The minimum Gasteiger partial charge on any atom is -0.323 e. The van der Waals surface area contributed by atoms with Gasteiger partial charge in [-0.25, -0.2) is 4.98 Å². The first-order valence-corrected chi connectivity index (χ1v) is 14.9. The number of nitrogens with zero attached hydrogens (tertiary/aromatic N) is 6. The topological polar surface area (TPSA) is 67.2 Å². The van der Waals surface area contributed by atoms with Crippen LogP contribution in [0.3, 0.4) is 0 Å². The summed E-state index contributed by atoms with van der Waals surface area (Å²) in [7, 11) is 2.17. The first-order chi connectivity index (χ1) is 19.6. The lowest BCUT2D eigenvalue weighted by atomic mass is 9.89. The molecule has 7 nitrogen and oxygen atoms in total. The molecule has 2 unspecified atom stereocenters. The van der Waals surface area contributed by atoms with E-state index >= 15 is 0 Å². The standard InChI is InChI=1S/C32H32N6OS/c1-21-12-13-27-24(18-21)25-19-36(2)16-15-28(25)38(27)29(39)20-40-32-33-31-30(34-35-32)23-10-6-7-11-26(23)37(31)17-14-22-8-4-3-5-9-22/h3-13,18,25,28H,14-17,19-20H2,1-2H3. The summed E-state index contributed by atoms with van der Waals surface area (Å²) in [5.74, 6) is 0.752. The zero-order valence-electron chi connectivity index (χ0n) is 22.8. The van der Waals surface area contributed by atoms with Crippen molar-refractivity contribution >= 4 is 45.4 Å². The Hall–Kier alpha value is -3.75. The number of aryl methyl sites for hydroxylation is 3. The molecule has 2 aliphatic rings. The Morgan fingerprint density at radius 3 is 2.73 bits per heavy atom. The number of amides is 1. The van der Waals surface area contributed by atoms with Crippen molar-refractivity contribution in [1.82, 2.24) is 24.6 Å². The molecule has 0 aliphatic carbocycles. The minimum atomic E-state index is 0.112. The number of piperidine rings is 1. The molecule has 0 spiro atoms. The van der Waals surface area contributed by atoms with Gasteiger partial charge in [0.2, 0.25) is 11.1 Å². The molecule has 2 atom stereocenters. The zero-order valence-corrected chi connectivity index (χ0v) is 23.6. The molecule has 4 heterocycles. The van der Waals surface area contributed by atoms with Crippen LogP contribution in [0.2, 0.25) is 0 Å². The van der Waals surface area contributed by atoms with Crippen LogP contribution in [0.4, 0.5) is 5.69 Å². The number of likely N-dealkylation sites (tertiary alicyclic amines) is 1.